The number of hydrogen-bond acceptors (Lipinski definition) is 6. The van der Waals surface area contributed by atoms with E-state index in [1.54, 1.807) is 37.3 Å². The van der Waals surface area contributed by atoms with E-state index >= 15 is 0 Å². The molecule has 28 heavy (non-hydrogen) atoms. The molecule has 148 valence electrons. The molecule has 0 amide bonds. The Balaban J connectivity index is 1.75. The number of rotatable bonds is 6. The molecular weight excluding hydrogens is 381 g/mol. The Morgan fingerprint density at radius 1 is 1.21 bits per heavy atom. The van der Waals surface area contributed by atoms with Gasteiger partial charge in [-0.25, -0.2) is 9.18 Å². The Bertz CT molecular complexity index is 848. The second-order valence-electron chi connectivity index (χ2n) is 6.40. The molecular formula is C21H22FNO4S. The Morgan fingerprint density at radius 2 is 1.93 bits per heavy atom. The van der Waals surface area contributed by atoms with Crippen LogP contribution in [0.1, 0.15) is 36.8 Å². The van der Waals surface area contributed by atoms with Crippen molar-refractivity contribution in [3.8, 4) is 0 Å². The average Bonchev–Trinajstić information content (AvgIpc) is 2.70. The zero-order valence-electron chi connectivity index (χ0n) is 15.6. The minimum absolute atomic E-state index is 0.147. The maximum absolute atomic E-state index is 14.1. The number of hydrogen-bond donors (Lipinski definition) is 1. The molecule has 0 atom stereocenters. The van der Waals surface area contributed by atoms with Gasteiger partial charge in [-0.3, -0.25) is 0 Å². The first-order valence-corrected chi connectivity index (χ1v) is 9.98. The maximum Gasteiger partial charge on any atom is 0.361 e. The summed E-state index contributed by atoms with van der Waals surface area (Å²) in [4.78, 5) is 13.5. The number of esters is 1. The van der Waals surface area contributed by atoms with Gasteiger partial charge in [0.25, 0.3) is 0 Å². The monoisotopic (exact) mass is 403 g/mol. The normalized spacial score (nSPS) is 15.4. The zero-order valence-corrected chi connectivity index (χ0v) is 16.4. The highest BCUT2D eigenvalue weighted by Gasteiger charge is 2.18. The van der Waals surface area contributed by atoms with Crippen molar-refractivity contribution >= 4 is 23.4 Å². The SMILES string of the molecule is CCOC(=O)/C(=N\O)c1ccc(Sc2cc(F)cc(C3CCOCC3)c2)cc1. The highest BCUT2D eigenvalue weighted by atomic mass is 32.2. The van der Waals surface area contributed by atoms with Crippen LogP contribution in [0.2, 0.25) is 0 Å². The van der Waals surface area contributed by atoms with Crippen LogP contribution in [0.25, 0.3) is 0 Å². The van der Waals surface area contributed by atoms with Crippen molar-refractivity contribution in [3.05, 3.63) is 59.4 Å². The molecule has 2 aromatic rings. The third-order valence-electron chi connectivity index (χ3n) is 4.52. The lowest BCUT2D eigenvalue weighted by Gasteiger charge is -2.22. The zero-order chi connectivity index (χ0) is 19.9. The highest BCUT2D eigenvalue weighted by Crippen LogP contribution is 2.34. The smallest absolute Gasteiger partial charge is 0.361 e. The number of oxime groups is 1. The van der Waals surface area contributed by atoms with Gasteiger partial charge < -0.3 is 14.7 Å². The Labute approximate surface area is 167 Å². The summed E-state index contributed by atoms with van der Waals surface area (Å²) >= 11 is 1.44. The first kappa shape index (κ1) is 20.4. The van der Waals surface area contributed by atoms with Crippen LogP contribution >= 0.6 is 11.8 Å². The summed E-state index contributed by atoms with van der Waals surface area (Å²) in [7, 11) is 0. The fourth-order valence-corrected chi connectivity index (χ4v) is 4.05. The van der Waals surface area contributed by atoms with Crippen molar-refractivity contribution in [1.82, 2.24) is 0 Å². The molecule has 1 fully saturated rings. The van der Waals surface area contributed by atoms with Crippen molar-refractivity contribution < 1.29 is 23.9 Å². The quantitative estimate of drug-likeness (QED) is 0.330. The molecule has 1 saturated heterocycles. The minimum Gasteiger partial charge on any atom is -0.461 e. The number of benzene rings is 2. The van der Waals surface area contributed by atoms with Crippen LogP contribution in [0.3, 0.4) is 0 Å². The molecule has 1 aliphatic heterocycles. The third-order valence-corrected chi connectivity index (χ3v) is 5.50. The van der Waals surface area contributed by atoms with Gasteiger partial charge in [-0.05, 0) is 61.6 Å². The molecule has 0 bridgehead atoms. The van der Waals surface area contributed by atoms with Crippen molar-refractivity contribution in [3.63, 3.8) is 0 Å². The molecule has 0 unspecified atom stereocenters. The molecule has 1 aliphatic rings. The van der Waals surface area contributed by atoms with E-state index in [4.69, 9.17) is 14.7 Å². The van der Waals surface area contributed by atoms with E-state index in [0.29, 0.717) is 24.7 Å². The van der Waals surface area contributed by atoms with E-state index < -0.39 is 5.97 Å². The van der Waals surface area contributed by atoms with Crippen molar-refractivity contribution in [1.29, 1.82) is 0 Å². The van der Waals surface area contributed by atoms with Gasteiger partial charge in [0.1, 0.15) is 5.82 Å². The predicted molar refractivity (Wildman–Crippen MR) is 105 cm³/mol. The highest BCUT2D eigenvalue weighted by molar-refractivity contribution is 7.99. The van der Waals surface area contributed by atoms with Crippen LogP contribution in [-0.4, -0.2) is 36.7 Å². The molecule has 3 rings (SSSR count). The third kappa shape index (κ3) is 5.11. The van der Waals surface area contributed by atoms with Gasteiger partial charge >= 0.3 is 5.97 Å². The number of carbonyl (C=O) groups is 1. The topological polar surface area (TPSA) is 68.1 Å². The van der Waals surface area contributed by atoms with Crippen LogP contribution in [0, 0.1) is 5.82 Å². The number of ether oxygens (including phenoxy) is 2. The summed E-state index contributed by atoms with van der Waals surface area (Å²) in [5.74, 6) is -0.615. The molecule has 1 heterocycles. The van der Waals surface area contributed by atoms with Crippen molar-refractivity contribution in [2.45, 2.75) is 35.5 Å². The molecule has 0 spiro atoms. The Hall–Kier alpha value is -2.38. The fourth-order valence-electron chi connectivity index (χ4n) is 3.14. The van der Waals surface area contributed by atoms with E-state index in [0.717, 1.165) is 28.2 Å². The van der Waals surface area contributed by atoms with E-state index in [-0.39, 0.29) is 18.1 Å². The van der Waals surface area contributed by atoms with Gasteiger partial charge in [0, 0.05) is 28.6 Å². The lowest BCUT2D eigenvalue weighted by atomic mass is 9.92. The summed E-state index contributed by atoms with van der Waals surface area (Å²) in [6.45, 7) is 3.29. The van der Waals surface area contributed by atoms with Crippen molar-refractivity contribution in [2.24, 2.45) is 5.16 Å². The van der Waals surface area contributed by atoms with E-state index in [2.05, 4.69) is 5.16 Å². The molecule has 7 heteroatoms. The first-order valence-electron chi connectivity index (χ1n) is 9.16. The molecule has 0 radical (unpaired) electrons. The summed E-state index contributed by atoms with van der Waals surface area (Å²) in [5, 5.41) is 12.1. The van der Waals surface area contributed by atoms with Gasteiger partial charge in [0.2, 0.25) is 0 Å². The van der Waals surface area contributed by atoms with Gasteiger partial charge in [-0.2, -0.15) is 0 Å². The molecule has 0 saturated carbocycles. The minimum atomic E-state index is -0.684. The van der Waals surface area contributed by atoms with Gasteiger partial charge in [0.05, 0.1) is 6.61 Å². The summed E-state index contributed by atoms with van der Waals surface area (Å²) in [5.41, 5.74) is 1.30. The predicted octanol–water partition coefficient (Wildman–Crippen LogP) is 4.61. The van der Waals surface area contributed by atoms with Gasteiger partial charge in [-0.15, -0.1) is 0 Å². The second kappa shape index (κ2) is 9.71. The number of halogens is 1. The number of nitrogens with zero attached hydrogens (tertiary/aromatic N) is 1. The Morgan fingerprint density at radius 3 is 2.57 bits per heavy atom. The Kier molecular flexibility index (Phi) is 7.06. The molecule has 1 N–H and O–H groups in total. The second-order valence-corrected chi connectivity index (χ2v) is 7.55. The van der Waals surface area contributed by atoms with Crippen LogP contribution < -0.4 is 0 Å². The summed E-state index contributed by atoms with van der Waals surface area (Å²) < 4.78 is 24.4. The van der Waals surface area contributed by atoms with E-state index in [1.165, 1.54) is 17.8 Å². The van der Waals surface area contributed by atoms with Gasteiger partial charge in [0.15, 0.2) is 5.71 Å². The molecule has 0 aliphatic carbocycles. The molecule has 5 nitrogen and oxygen atoms in total. The van der Waals surface area contributed by atoms with Crippen LogP contribution in [0.15, 0.2) is 57.4 Å². The van der Waals surface area contributed by atoms with Crippen LogP contribution in [0.4, 0.5) is 4.39 Å². The van der Waals surface area contributed by atoms with Crippen LogP contribution in [0.5, 0.6) is 0 Å². The molecule has 2 aromatic carbocycles. The lowest BCUT2D eigenvalue weighted by Crippen LogP contribution is -2.18. The van der Waals surface area contributed by atoms with Gasteiger partial charge in [-0.1, -0.05) is 29.1 Å². The van der Waals surface area contributed by atoms with E-state index in [9.17, 15) is 9.18 Å². The number of carbonyl (C=O) groups excluding carboxylic acids is 1. The van der Waals surface area contributed by atoms with E-state index in [1.807, 2.05) is 6.07 Å². The lowest BCUT2D eigenvalue weighted by molar-refractivity contribution is -0.135. The maximum atomic E-state index is 14.1. The molecule has 0 aromatic heterocycles. The average molecular weight is 403 g/mol. The van der Waals surface area contributed by atoms with Crippen LogP contribution in [-0.2, 0) is 14.3 Å². The standard InChI is InChI=1S/C21H22FNO4S/c1-2-27-21(24)20(23-25)15-3-5-18(6-4-15)28-19-12-16(11-17(22)13-19)14-7-9-26-10-8-14/h3-6,11-14,25H,2,7-10H2,1H3/b23-20-. The summed E-state index contributed by atoms with van der Waals surface area (Å²) in [6, 6.07) is 12.1. The summed E-state index contributed by atoms with van der Waals surface area (Å²) in [6.07, 6.45) is 1.80. The first-order chi connectivity index (χ1) is 13.6. The largest absolute Gasteiger partial charge is 0.461 e. The fraction of sp³-hybridized carbons (Fsp3) is 0.333. The van der Waals surface area contributed by atoms with Crippen molar-refractivity contribution in [2.75, 3.05) is 19.8 Å².